The molecule has 0 fully saturated rings. The molecule has 0 saturated heterocycles. The van der Waals surface area contributed by atoms with Gasteiger partial charge in [-0.2, -0.15) is 0 Å². The molecule has 0 aliphatic rings. The summed E-state index contributed by atoms with van der Waals surface area (Å²) in [4.78, 5) is -0.0285. The van der Waals surface area contributed by atoms with Crippen LogP contribution in [0.25, 0.3) is 0 Å². The fourth-order valence-corrected chi connectivity index (χ4v) is 2.29. The number of rotatable bonds is 3. The average molecular weight is 235 g/mol. The molecule has 0 bridgehead atoms. The molecule has 7 heteroatoms. The lowest BCUT2D eigenvalue weighted by molar-refractivity contribution is 0.602. The average Bonchev–Trinajstić information content (AvgIpc) is 2.01. The molecule has 0 amide bonds. The molecular weight excluding hydrogens is 226 g/mol. The maximum atomic E-state index is 11.2. The second-order valence-electron chi connectivity index (χ2n) is 2.64. The predicted octanol–water partition coefficient (Wildman–Crippen LogP) is 0.0284. The molecule has 78 valence electrons. The zero-order valence-electron chi connectivity index (χ0n) is 7.30. The first kappa shape index (κ1) is 11.0. The van der Waals surface area contributed by atoms with E-state index in [1.54, 1.807) is 6.07 Å². The van der Waals surface area contributed by atoms with E-state index in [4.69, 9.17) is 0 Å². The maximum Gasteiger partial charge on any atom is 0.222 e. The summed E-state index contributed by atoms with van der Waals surface area (Å²) in [6.45, 7) is 0. The van der Waals surface area contributed by atoms with Gasteiger partial charge in [-0.25, -0.2) is 16.8 Å². The molecule has 0 saturated carbocycles. The number of hydrogen-bond acceptors (Lipinski definition) is 4. The lowest BCUT2D eigenvalue weighted by Crippen LogP contribution is -2.04. The van der Waals surface area contributed by atoms with Gasteiger partial charge in [-0.1, -0.05) is 12.1 Å². The van der Waals surface area contributed by atoms with E-state index in [1.807, 2.05) is 0 Å². The van der Waals surface area contributed by atoms with Crippen molar-refractivity contribution in [3.8, 4) is 0 Å². The summed E-state index contributed by atoms with van der Waals surface area (Å²) < 4.78 is 45.2. The van der Waals surface area contributed by atoms with Crippen molar-refractivity contribution in [2.24, 2.45) is 0 Å². The predicted molar refractivity (Wildman–Crippen MR) is 53.5 cm³/mol. The molecule has 0 aliphatic heterocycles. The highest BCUT2D eigenvalue weighted by Crippen LogP contribution is 2.19. The van der Waals surface area contributed by atoms with Crippen molar-refractivity contribution in [2.45, 2.75) is 4.90 Å². The minimum absolute atomic E-state index is 0.0285. The standard InChI is InChI=1S/C7H9NO4S2/c1-14(11,12)7-5-3-2-4-6(7)8-13(9)10/h2-5,13H,1H3,(H,8,9,10). The molecule has 0 spiro atoms. The van der Waals surface area contributed by atoms with Gasteiger partial charge in [0.25, 0.3) is 0 Å². The third-order valence-corrected chi connectivity index (χ3v) is 3.08. The maximum absolute atomic E-state index is 11.2. The summed E-state index contributed by atoms with van der Waals surface area (Å²) in [5, 5.41) is 0. The van der Waals surface area contributed by atoms with E-state index in [0.29, 0.717) is 0 Å². The van der Waals surface area contributed by atoms with Gasteiger partial charge in [0.1, 0.15) is 0 Å². The molecule has 1 N–H and O–H groups in total. The van der Waals surface area contributed by atoms with Crippen molar-refractivity contribution in [1.82, 2.24) is 0 Å². The normalized spacial score (nSPS) is 11.6. The van der Waals surface area contributed by atoms with Crippen molar-refractivity contribution >= 4 is 26.4 Å². The van der Waals surface area contributed by atoms with Gasteiger partial charge in [-0.3, -0.25) is 4.72 Å². The number of anilines is 1. The number of para-hydroxylation sites is 1. The van der Waals surface area contributed by atoms with Crippen LogP contribution in [0, 0.1) is 0 Å². The monoisotopic (exact) mass is 235 g/mol. The van der Waals surface area contributed by atoms with Gasteiger partial charge >= 0.3 is 0 Å². The molecule has 1 aromatic carbocycles. The molecule has 0 heterocycles. The summed E-state index contributed by atoms with van der Waals surface area (Å²) in [6.07, 6.45) is 1.02. The van der Waals surface area contributed by atoms with Gasteiger partial charge in [0.2, 0.25) is 10.9 Å². The molecule has 0 aliphatic carbocycles. The van der Waals surface area contributed by atoms with Crippen molar-refractivity contribution < 1.29 is 16.8 Å². The van der Waals surface area contributed by atoms with Crippen LogP contribution in [0.3, 0.4) is 0 Å². The van der Waals surface area contributed by atoms with Crippen LogP contribution in [-0.4, -0.2) is 23.1 Å². The summed E-state index contributed by atoms with van der Waals surface area (Å²) >= 11 is 0. The Morgan fingerprint density at radius 1 is 1.21 bits per heavy atom. The molecule has 1 rings (SSSR count). The van der Waals surface area contributed by atoms with E-state index in [0.717, 1.165) is 6.26 Å². The highest BCUT2D eigenvalue weighted by molar-refractivity contribution is 7.91. The van der Waals surface area contributed by atoms with E-state index >= 15 is 0 Å². The molecule has 0 radical (unpaired) electrons. The topological polar surface area (TPSA) is 80.3 Å². The molecule has 0 atom stereocenters. The second kappa shape index (κ2) is 3.97. The fourth-order valence-electron chi connectivity index (χ4n) is 0.981. The smallest absolute Gasteiger partial charge is 0.222 e. The van der Waals surface area contributed by atoms with Crippen LogP contribution in [-0.2, 0) is 20.7 Å². The zero-order chi connectivity index (χ0) is 10.8. The first-order chi connectivity index (χ1) is 6.41. The highest BCUT2D eigenvalue weighted by atomic mass is 32.2. The van der Waals surface area contributed by atoms with Gasteiger partial charge in [-0.05, 0) is 12.1 Å². The van der Waals surface area contributed by atoms with Crippen LogP contribution >= 0.6 is 0 Å². The van der Waals surface area contributed by atoms with Gasteiger partial charge in [0.05, 0.1) is 10.6 Å². The first-order valence-electron chi connectivity index (χ1n) is 3.61. The summed E-state index contributed by atoms with van der Waals surface area (Å²) in [7, 11) is -6.26. The van der Waals surface area contributed by atoms with Gasteiger partial charge < -0.3 is 0 Å². The third kappa shape index (κ3) is 2.71. The SMILES string of the molecule is CS(=O)(=O)c1ccccc1N[SH](=O)=O. The summed E-state index contributed by atoms with van der Waals surface area (Å²) in [5.74, 6) is 0. The lowest BCUT2D eigenvalue weighted by Gasteiger charge is -2.04. The number of benzene rings is 1. The van der Waals surface area contributed by atoms with Crippen LogP contribution in [0.4, 0.5) is 5.69 Å². The van der Waals surface area contributed by atoms with E-state index < -0.39 is 20.7 Å². The van der Waals surface area contributed by atoms with Crippen molar-refractivity contribution in [1.29, 1.82) is 0 Å². The van der Waals surface area contributed by atoms with E-state index in [-0.39, 0.29) is 10.6 Å². The Hall–Kier alpha value is -1.08. The molecule has 0 unspecified atom stereocenters. The van der Waals surface area contributed by atoms with Gasteiger partial charge in [-0.15, -0.1) is 0 Å². The molecule has 0 aromatic heterocycles. The van der Waals surface area contributed by atoms with Crippen molar-refractivity contribution in [2.75, 3.05) is 11.0 Å². The first-order valence-corrected chi connectivity index (χ1v) is 6.68. The third-order valence-electron chi connectivity index (χ3n) is 1.50. The van der Waals surface area contributed by atoms with E-state index in [1.165, 1.54) is 18.2 Å². The highest BCUT2D eigenvalue weighted by Gasteiger charge is 2.11. The molecular formula is C7H9NO4S2. The Morgan fingerprint density at radius 2 is 1.79 bits per heavy atom. The van der Waals surface area contributed by atoms with Gasteiger partial charge in [0.15, 0.2) is 9.84 Å². The van der Waals surface area contributed by atoms with Crippen LogP contribution in [0.1, 0.15) is 0 Å². The Balaban J connectivity index is 3.30. The van der Waals surface area contributed by atoms with Crippen molar-refractivity contribution in [3.05, 3.63) is 24.3 Å². The molecule has 14 heavy (non-hydrogen) atoms. The minimum Gasteiger partial charge on any atom is -0.284 e. The van der Waals surface area contributed by atoms with E-state index in [9.17, 15) is 16.8 Å². The fraction of sp³-hybridized carbons (Fsp3) is 0.143. The van der Waals surface area contributed by atoms with Crippen LogP contribution in [0.2, 0.25) is 0 Å². The second-order valence-corrected chi connectivity index (χ2v) is 5.36. The summed E-state index contributed by atoms with van der Waals surface area (Å²) in [5.41, 5.74) is 0.0751. The number of thiol groups is 1. The number of hydrogen-bond donors (Lipinski definition) is 2. The number of sulfone groups is 1. The van der Waals surface area contributed by atoms with E-state index in [2.05, 4.69) is 4.72 Å². The number of nitrogens with one attached hydrogen (secondary N) is 1. The Bertz CT molecular complexity index is 496. The Labute approximate surface area is 83.8 Å². The molecule has 5 nitrogen and oxygen atoms in total. The lowest BCUT2D eigenvalue weighted by atomic mass is 10.3. The van der Waals surface area contributed by atoms with Gasteiger partial charge in [0, 0.05) is 6.26 Å². The Morgan fingerprint density at radius 3 is 2.29 bits per heavy atom. The van der Waals surface area contributed by atoms with Crippen LogP contribution in [0.15, 0.2) is 29.2 Å². The van der Waals surface area contributed by atoms with Crippen molar-refractivity contribution in [3.63, 3.8) is 0 Å². The Kier molecular flexibility index (Phi) is 3.12. The van der Waals surface area contributed by atoms with Crippen LogP contribution < -0.4 is 4.72 Å². The van der Waals surface area contributed by atoms with Crippen LogP contribution in [0.5, 0.6) is 0 Å². The molecule has 1 aromatic rings. The largest absolute Gasteiger partial charge is 0.284 e. The summed E-state index contributed by atoms with van der Waals surface area (Å²) in [6, 6.07) is 5.81. The quantitative estimate of drug-likeness (QED) is 0.724. The zero-order valence-corrected chi connectivity index (χ0v) is 9.01. The minimum atomic E-state index is -3.41.